The van der Waals surface area contributed by atoms with E-state index in [9.17, 15) is 9.65 Å². The summed E-state index contributed by atoms with van der Waals surface area (Å²) < 4.78 is 18.3. The van der Waals surface area contributed by atoms with Crippen LogP contribution >= 0.6 is 23.1 Å². The summed E-state index contributed by atoms with van der Waals surface area (Å²) in [6.45, 7) is 7.52. The molecule has 0 aliphatic heterocycles. The number of aromatic nitrogens is 4. The Morgan fingerprint density at radius 3 is 2.78 bits per heavy atom. The van der Waals surface area contributed by atoms with Gasteiger partial charge in [0.05, 0.1) is 30.6 Å². The predicted molar refractivity (Wildman–Crippen MR) is 135 cm³/mol. The molecule has 13 heteroatoms. The molecule has 0 spiro atoms. The first-order chi connectivity index (χ1) is 17.5. The molecule has 36 heavy (non-hydrogen) atoms. The van der Waals surface area contributed by atoms with E-state index in [1.807, 2.05) is 5.38 Å². The number of halogens is 1. The van der Waals surface area contributed by atoms with Crippen molar-refractivity contribution in [3.8, 4) is 23.1 Å². The lowest BCUT2D eigenvalue weighted by Crippen LogP contribution is -2.03. The Kier molecular flexibility index (Phi) is 7.87. The van der Waals surface area contributed by atoms with E-state index in [2.05, 4.69) is 36.2 Å². The predicted octanol–water partition coefficient (Wildman–Crippen LogP) is 4.55. The number of thioether (sulfide) groups is 1. The highest BCUT2D eigenvalue weighted by molar-refractivity contribution is 7.98. The number of hydrogen-bond acceptors (Lipinski definition) is 11. The number of anilines is 3. The van der Waals surface area contributed by atoms with Crippen molar-refractivity contribution >= 4 is 45.6 Å². The molecule has 0 saturated carbocycles. The van der Waals surface area contributed by atoms with Crippen LogP contribution in [0, 0.1) is 23.7 Å². The molecule has 4 N–H and O–H groups in total. The van der Waals surface area contributed by atoms with Crippen molar-refractivity contribution in [3.05, 3.63) is 70.5 Å². The van der Waals surface area contributed by atoms with Gasteiger partial charge in [0.1, 0.15) is 35.2 Å². The van der Waals surface area contributed by atoms with Crippen LogP contribution in [-0.4, -0.2) is 38.3 Å². The van der Waals surface area contributed by atoms with Crippen LogP contribution in [-0.2, 0) is 5.75 Å². The van der Waals surface area contributed by atoms with Crippen LogP contribution in [0.15, 0.2) is 47.1 Å². The molecule has 4 aromatic rings. The summed E-state index contributed by atoms with van der Waals surface area (Å²) >= 11 is 2.62. The van der Waals surface area contributed by atoms with Crippen molar-refractivity contribution in [1.29, 1.82) is 5.26 Å². The van der Waals surface area contributed by atoms with E-state index in [4.69, 9.17) is 22.1 Å². The summed E-state index contributed by atoms with van der Waals surface area (Å²) in [5.74, 6) is 0.731. The first-order valence-electron chi connectivity index (χ1n) is 10.3. The van der Waals surface area contributed by atoms with Gasteiger partial charge < -0.3 is 20.9 Å². The van der Waals surface area contributed by atoms with Crippen molar-refractivity contribution in [2.24, 2.45) is 0 Å². The Morgan fingerprint density at radius 1 is 1.25 bits per heavy atom. The van der Waals surface area contributed by atoms with Gasteiger partial charge in [0.15, 0.2) is 5.13 Å². The fourth-order valence-corrected chi connectivity index (χ4v) is 4.78. The molecule has 10 nitrogen and oxygen atoms in total. The highest BCUT2D eigenvalue weighted by atomic mass is 32.2. The van der Waals surface area contributed by atoms with Crippen LogP contribution < -0.4 is 15.8 Å². The first-order valence-corrected chi connectivity index (χ1v) is 12.2. The smallest absolute Gasteiger partial charge is 0.237 e. The summed E-state index contributed by atoms with van der Waals surface area (Å²) in [6, 6.07) is 8.21. The topological polar surface area (TPSA) is 147 Å². The van der Waals surface area contributed by atoms with E-state index in [0.717, 1.165) is 11.9 Å². The second-order valence-electron chi connectivity index (χ2n) is 7.00. The molecule has 0 aliphatic rings. The van der Waals surface area contributed by atoms with Gasteiger partial charge in [-0.1, -0.05) is 11.8 Å². The summed E-state index contributed by atoms with van der Waals surface area (Å²) in [5.41, 5.74) is 7.92. The number of nitrogens with one attached hydrogen (secondary N) is 1. The molecule has 0 bridgehead atoms. The Morgan fingerprint density at radius 2 is 2.11 bits per heavy atom. The van der Waals surface area contributed by atoms with Crippen molar-refractivity contribution in [3.63, 3.8) is 0 Å². The summed E-state index contributed by atoms with van der Waals surface area (Å²) in [5, 5.41) is 24.6. The second-order valence-corrected chi connectivity index (χ2v) is 8.82. The van der Waals surface area contributed by atoms with Gasteiger partial charge in [-0.05, 0) is 23.8 Å². The maximum atomic E-state index is 13.1. The van der Waals surface area contributed by atoms with Crippen LogP contribution in [0.3, 0.4) is 0 Å². The normalized spacial score (nSPS) is 10.4. The molecule has 4 heterocycles. The van der Waals surface area contributed by atoms with Crippen LogP contribution in [0.1, 0.15) is 11.3 Å². The van der Waals surface area contributed by atoms with E-state index < -0.39 is 5.82 Å². The lowest BCUT2D eigenvalue weighted by atomic mass is 10.0. The second kappa shape index (κ2) is 11.4. The van der Waals surface area contributed by atoms with Gasteiger partial charge in [-0.3, -0.25) is 0 Å². The number of hydrogen-bond donors (Lipinski definition) is 3. The van der Waals surface area contributed by atoms with E-state index in [1.54, 1.807) is 12.1 Å². The van der Waals surface area contributed by atoms with Gasteiger partial charge >= 0.3 is 0 Å². The molecule has 0 amide bonds. The quantitative estimate of drug-likeness (QED) is 0.212. The molecule has 0 aromatic carbocycles. The minimum Gasteiger partial charge on any atom is -0.475 e. The molecular weight excluding hydrogens is 503 g/mol. The zero-order valence-corrected chi connectivity index (χ0v) is 20.1. The lowest BCUT2D eigenvalue weighted by Gasteiger charge is -2.13. The van der Waals surface area contributed by atoms with E-state index in [0.29, 0.717) is 38.7 Å². The number of aliphatic hydroxyl groups is 1. The van der Waals surface area contributed by atoms with Gasteiger partial charge in [0.2, 0.25) is 11.6 Å². The Labute approximate surface area is 213 Å². The van der Waals surface area contributed by atoms with Crippen LogP contribution in [0.25, 0.3) is 16.0 Å². The van der Waals surface area contributed by atoms with E-state index in [1.165, 1.54) is 41.4 Å². The van der Waals surface area contributed by atoms with Gasteiger partial charge in [-0.15, -0.1) is 11.3 Å². The number of nitriles is 1. The SMILES string of the molecule is [C-]#[N+]c1c(N)nc(SCc2csc(Nc3ccc(F)cn3)n2)c(C#N)c1-c1ccc(OCCO)nc1. The Bertz CT molecular complexity index is 1450. The summed E-state index contributed by atoms with van der Waals surface area (Å²) in [7, 11) is 0. The molecule has 4 aromatic heterocycles. The zero-order chi connectivity index (χ0) is 25.5. The maximum Gasteiger partial charge on any atom is 0.237 e. The molecule has 180 valence electrons. The highest BCUT2D eigenvalue weighted by Crippen LogP contribution is 2.41. The number of nitrogens with zero attached hydrogens (tertiary/aromatic N) is 6. The summed E-state index contributed by atoms with van der Waals surface area (Å²) in [6.07, 6.45) is 2.59. The number of nitrogens with two attached hydrogens (primary N) is 1. The largest absolute Gasteiger partial charge is 0.475 e. The third kappa shape index (κ3) is 5.67. The molecular formula is C23H17FN8O2S2. The number of nitrogen functional groups attached to an aromatic ring is 1. The minimum absolute atomic E-state index is 0.00475. The molecule has 0 saturated heterocycles. The Balaban J connectivity index is 1.57. The number of thiazole rings is 1. The fourth-order valence-electron chi connectivity index (χ4n) is 3.07. The van der Waals surface area contributed by atoms with Crippen LogP contribution in [0.4, 0.5) is 26.8 Å². The minimum atomic E-state index is -0.429. The maximum absolute atomic E-state index is 13.1. The summed E-state index contributed by atoms with van der Waals surface area (Å²) in [4.78, 5) is 20.4. The molecule has 0 atom stereocenters. The number of aliphatic hydroxyl groups excluding tert-OH is 1. The van der Waals surface area contributed by atoms with Crippen molar-refractivity contribution in [2.75, 3.05) is 24.3 Å². The van der Waals surface area contributed by atoms with Gasteiger partial charge in [-0.25, -0.2) is 29.2 Å². The molecule has 0 aliphatic carbocycles. The third-order valence-electron chi connectivity index (χ3n) is 4.63. The van der Waals surface area contributed by atoms with Gasteiger partial charge in [0.25, 0.3) is 0 Å². The number of ether oxygens (including phenoxy) is 1. The number of pyridine rings is 3. The average Bonchev–Trinajstić information content (AvgIpc) is 3.34. The molecule has 0 fully saturated rings. The van der Waals surface area contributed by atoms with Crippen molar-refractivity contribution in [1.82, 2.24) is 19.9 Å². The molecule has 0 radical (unpaired) electrons. The standard InChI is InChI=1S/C23H17FN8O2S2/c1-27-20-19(13-2-5-18(29-9-13)34-7-6-33)16(8-25)22(32-21(20)26)35-11-15-12-36-23(30-15)31-17-4-3-14(24)10-28-17/h2-5,9-10,12,33H,6-7,11H2,(H2,26,32)(H,28,30,31). The molecule has 4 rings (SSSR count). The first kappa shape index (κ1) is 24.8. The van der Waals surface area contributed by atoms with Crippen molar-refractivity contribution in [2.45, 2.75) is 10.8 Å². The highest BCUT2D eigenvalue weighted by Gasteiger charge is 2.21. The third-order valence-corrected chi connectivity index (χ3v) is 6.44. The number of rotatable bonds is 9. The van der Waals surface area contributed by atoms with E-state index >= 15 is 0 Å². The Hall–Kier alpha value is -4.30. The van der Waals surface area contributed by atoms with Gasteiger partial charge in [-0.2, -0.15) is 5.26 Å². The van der Waals surface area contributed by atoms with Crippen LogP contribution in [0.2, 0.25) is 0 Å². The monoisotopic (exact) mass is 520 g/mol. The fraction of sp³-hybridized carbons (Fsp3) is 0.130. The van der Waals surface area contributed by atoms with Crippen LogP contribution in [0.5, 0.6) is 5.88 Å². The van der Waals surface area contributed by atoms with Crippen molar-refractivity contribution < 1.29 is 14.2 Å². The average molecular weight is 521 g/mol. The molecule has 0 unspecified atom stereocenters. The van der Waals surface area contributed by atoms with E-state index in [-0.39, 0.29) is 30.3 Å². The zero-order valence-electron chi connectivity index (χ0n) is 18.5. The van der Waals surface area contributed by atoms with Gasteiger partial charge in [0, 0.05) is 29.0 Å². The lowest BCUT2D eigenvalue weighted by molar-refractivity contribution is 0.196.